The van der Waals surface area contributed by atoms with Crippen LogP contribution < -0.4 is 5.32 Å². The summed E-state index contributed by atoms with van der Waals surface area (Å²) < 4.78 is 0. The Hall–Kier alpha value is -1.15. The van der Waals surface area contributed by atoms with Crippen molar-refractivity contribution in [2.75, 3.05) is 7.05 Å². The molecule has 2 rings (SSSR count). The fraction of sp³-hybridized carbons (Fsp3) is 0.222. The Labute approximate surface area is 66.0 Å². The van der Waals surface area contributed by atoms with Crippen molar-refractivity contribution in [1.29, 1.82) is 0 Å². The number of para-hydroxylation sites is 1. The average Bonchev–Trinajstić information content (AvgIpc) is 2.47. The number of hydrogen-bond donors (Lipinski definition) is 1. The first-order valence-electron chi connectivity index (χ1n) is 3.72. The molecule has 2 nitrogen and oxygen atoms in total. The van der Waals surface area contributed by atoms with Crippen LogP contribution in [0.15, 0.2) is 29.3 Å². The van der Waals surface area contributed by atoms with Crippen LogP contribution in [0.25, 0.3) is 0 Å². The molecule has 1 aliphatic heterocycles. The molecule has 1 unspecified atom stereocenters. The van der Waals surface area contributed by atoms with Crippen LogP contribution in [0, 0.1) is 0 Å². The van der Waals surface area contributed by atoms with Gasteiger partial charge >= 0.3 is 0 Å². The lowest BCUT2D eigenvalue weighted by Gasteiger charge is -2.05. The van der Waals surface area contributed by atoms with Gasteiger partial charge in [0.15, 0.2) is 0 Å². The molecule has 0 saturated heterocycles. The number of nitrogens with zero attached hydrogens (tertiary/aromatic N) is 1. The zero-order valence-corrected chi connectivity index (χ0v) is 6.41. The van der Waals surface area contributed by atoms with Gasteiger partial charge in [0, 0.05) is 11.8 Å². The minimum atomic E-state index is 0.311. The summed E-state index contributed by atoms with van der Waals surface area (Å²) in [5.41, 5.74) is 2.36. The van der Waals surface area contributed by atoms with Crippen molar-refractivity contribution in [3.05, 3.63) is 29.8 Å². The molecule has 1 N–H and O–H groups in total. The maximum Gasteiger partial charge on any atom is 0.0699 e. The van der Waals surface area contributed by atoms with Crippen molar-refractivity contribution in [2.24, 2.45) is 4.99 Å². The monoisotopic (exact) mass is 146 g/mol. The molecule has 0 aliphatic carbocycles. The zero-order valence-electron chi connectivity index (χ0n) is 6.41. The van der Waals surface area contributed by atoms with Gasteiger partial charge in [0.25, 0.3) is 0 Å². The van der Waals surface area contributed by atoms with Gasteiger partial charge in [-0.05, 0) is 13.1 Å². The SMILES string of the molecule is CNC1C=Nc2ccccc21. The van der Waals surface area contributed by atoms with Crippen LogP contribution >= 0.6 is 0 Å². The van der Waals surface area contributed by atoms with E-state index >= 15 is 0 Å². The highest BCUT2D eigenvalue weighted by atomic mass is 14.9. The first kappa shape index (κ1) is 6.55. The van der Waals surface area contributed by atoms with Crippen LogP contribution in [0.4, 0.5) is 5.69 Å². The Balaban J connectivity index is 2.46. The van der Waals surface area contributed by atoms with E-state index in [9.17, 15) is 0 Å². The fourth-order valence-electron chi connectivity index (χ4n) is 1.33. The number of benzene rings is 1. The van der Waals surface area contributed by atoms with E-state index in [0.29, 0.717) is 6.04 Å². The Morgan fingerprint density at radius 1 is 1.36 bits per heavy atom. The van der Waals surface area contributed by atoms with Gasteiger partial charge in [0.2, 0.25) is 0 Å². The summed E-state index contributed by atoms with van der Waals surface area (Å²) in [5.74, 6) is 0. The summed E-state index contributed by atoms with van der Waals surface area (Å²) in [6.45, 7) is 0. The first-order valence-corrected chi connectivity index (χ1v) is 3.72. The van der Waals surface area contributed by atoms with E-state index in [1.54, 1.807) is 0 Å². The molecule has 0 amide bonds. The summed E-state index contributed by atoms with van der Waals surface area (Å²) in [6.07, 6.45) is 1.94. The van der Waals surface area contributed by atoms with Gasteiger partial charge < -0.3 is 5.32 Å². The highest BCUT2D eigenvalue weighted by Crippen LogP contribution is 2.29. The highest BCUT2D eigenvalue weighted by molar-refractivity contribution is 5.79. The van der Waals surface area contributed by atoms with Crippen LogP contribution in [0.2, 0.25) is 0 Å². The molecule has 2 heteroatoms. The zero-order chi connectivity index (χ0) is 7.68. The largest absolute Gasteiger partial charge is 0.308 e. The van der Waals surface area contributed by atoms with Crippen molar-refractivity contribution < 1.29 is 0 Å². The maximum absolute atomic E-state index is 4.26. The third kappa shape index (κ3) is 0.955. The van der Waals surface area contributed by atoms with Crippen molar-refractivity contribution >= 4 is 11.9 Å². The number of aliphatic imine (C=N–C) groups is 1. The topological polar surface area (TPSA) is 24.4 Å². The molecule has 0 fully saturated rings. The van der Waals surface area contributed by atoms with Crippen molar-refractivity contribution in [3.8, 4) is 0 Å². The van der Waals surface area contributed by atoms with Gasteiger partial charge in [-0.25, -0.2) is 0 Å². The molecule has 1 aromatic rings. The number of fused-ring (bicyclic) bond motifs is 1. The first-order chi connectivity index (χ1) is 5.42. The summed E-state index contributed by atoms with van der Waals surface area (Å²) in [4.78, 5) is 4.26. The molecule has 1 aromatic carbocycles. The average molecular weight is 146 g/mol. The Kier molecular flexibility index (Phi) is 1.47. The number of hydrogen-bond acceptors (Lipinski definition) is 2. The van der Waals surface area contributed by atoms with E-state index in [-0.39, 0.29) is 0 Å². The van der Waals surface area contributed by atoms with E-state index in [0.717, 1.165) is 5.69 Å². The molecule has 0 aromatic heterocycles. The van der Waals surface area contributed by atoms with Gasteiger partial charge in [0.05, 0.1) is 11.7 Å². The normalized spacial score (nSPS) is 20.3. The number of nitrogens with one attached hydrogen (secondary N) is 1. The Morgan fingerprint density at radius 3 is 3.00 bits per heavy atom. The lowest BCUT2D eigenvalue weighted by molar-refractivity contribution is 0.775. The van der Waals surface area contributed by atoms with Crippen molar-refractivity contribution in [3.63, 3.8) is 0 Å². The lowest BCUT2D eigenvalue weighted by atomic mass is 10.1. The minimum Gasteiger partial charge on any atom is -0.308 e. The van der Waals surface area contributed by atoms with Gasteiger partial charge in [-0.1, -0.05) is 18.2 Å². The Bertz CT molecular complexity index is 291. The predicted octanol–water partition coefficient (Wildman–Crippen LogP) is 1.66. The Morgan fingerprint density at radius 2 is 2.18 bits per heavy atom. The van der Waals surface area contributed by atoms with E-state index in [2.05, 4.69) is 16.4 Å². The number of rotatable bonds is 1. The van der Waals surface area contributed by atoms with Gasteiger partial charge in [-0.2, -0.15) is 0 Å². The third-order valence-corrected chi connectivity index (χ3v) is 1.95. The summed E-state index contributed by atoms with van der Waals surface area (Å²) in [5, 5.41) is 3.17. The molecule has 1 aliphatic rings. The molecular weight excluding hydrogens is 136 g/mol. The standard InChI is InChI=1S/C9H10N2/c1-10-9-6-11-8-5-3-2-4-7(8)9/h2-6,9-10H,1H3. The van der Waals surface area contributed by atoms with Crippen LogP contribution in [0.3, 0.4) is 0 Å². The van der Waals surface area contributed by atoms with Crippen LogP contribution in [0.1, 0.15) is 11.6 Å². The predicted molar refractivity (Wildman–Crippen MR) is 46.4 cm³/mol. The molecule has 11 heavy (non-hydrogen) atoms. The second kappa shape index (κ2) is 2.47. The van der Waals surface area contributed by atoms with E-state index in [1.807, 2.05) is 31.5 Å². The van der Waals surface area contributed by atoms with Crippen molar-refractivity contribution in [2.45, 2.75) is 6.04 Å². The second-order valence-corrected chi connectivity index (χ2v) is 2.60. The van der Waals surface area contributed by atoms with E-state index < -0.39 is 0 Å². The molecule has 0 spiro atoms. The third-order valence-electron chi connectivity index (χ3n) is 1.95. The van der Waals surface area contributed by atoms with Gasteiger partial charge in [0.1, 0.15) is 0 Å². The molecule has 0 radical (unpaired) electrons. The molecule has 56 valence electrons. The van der Waals surface area contributed by atoms with Gasteiger partial charge in [-0.15, -0.1) is 0 Å². The molecule has 0 saturated carbocycles. The molecule has 1 atom stereocenters. The smallest absolute Gasteiger partial charge is 0.0699 e. The van der Waals surface area contributed by atoms with E-state index in [1.165, 1.54) is 5.56 Å². The second-order valence-electron chi connectivity index (χ2n) is 2.60. The fourth-order valence-corrected chi connectivity index (χ4v) is 1.33. The highest BCUT2D eigenvalue weighted by Gasteiger charge is 2.14. The maximum atomic E-state index is 4.26. The van der Waals surface area contributed by atoms with Gasteiger partial charge in [-0.3, -0.25) is 4.99 Å². The molecule has 0 bridgehead atoms. The lowest BCUT2D eigenvalue weighted by Crippen LogP contribution is -2.14. The minimum absolute atomic E-state index is 0.311. The summed E-state index contributed by atoms with van der Waals surface area (Å²) >= 11 is 0. The molecular formula is C9H10N2. The van der Waals surface area contributed by atoms with E-state index in [4.69, 9.17) is 0 Å². The van der Waals surface area contributed by atoms with Crippen LogP contribution in [0.5, 0.6) is 0 Å². The van der Waals surface area contributed by atoms with Crippen LogP contribution in [-0.2, 0) is 0 Å². The summed E-state index contributed by atoms with van der Waals surface area (Å²) in [7, 11) is 1.94. The van der Waals surface area contributed by atoms with Crippen LogP contribution in [-0.4, -0.2) is 13.3 Å². The quantitative estimate of drug-likeness (QED) is 0.640. The summed E-state index contributed by atoms with van der Waals surface area (Å²) in [6, 6.07) is 8.49. The van der Waals surface area contributed by atoms with Crippen molar-refractivity contribution in [1.82, 2.24) is 5.32 Å². The molecule has 1 heterocycles.